The largest absolute Gasteiger partial charge is 0.311 e. The SMILES string of the molecule is Cc1ccc(CNCCN2CCCC(C)(C)CC2)s1. The van der Waals surface area contributed by atoms with Crippen molar-refractivity contribution in [3.05, 3.63) is 21.9 Å². The van der Waals surface area contributed by atoms with Gasteiger partial charge in [0.05, 0.1) is 0 Å². The van der Waals surface area contributed by atoms with Gasteiger partial charge in [-0.25, -0.2) is 0 Å². The fraction of sp³-hybridized carbons (Fsp3) is 0.750. The zero-order valence-electron chi connectivity index (χ0n) is 12.7. The maximum absolute atomic E-state index is 3.57. The van der Waals surface area contributed by atoms with Crippen LogP contribution in [0.15, 0.2) is 12.1 Å². The van der Waals surface area contributed by atoms with E-state index in [9.17, 15) is 0 Å². The quantitative estimate of drug-likeness (QED) is 0.828. The summed E-state index contributed by atoms with van der Waals surface area (Å²) in [5.74, 6) is 0. The molecule has 19 heavy (non-hydrogen) atoms. The molecular formula is C16H28N2S. The van der Waals surface area contributed by atoms with Crippen molar-refractivity contribution in [1.29, 1.82) is 0 Å². The molecule has 0 bridgehead atoms. The van der Waals surface area contributed by atoms with E-state index in [1.54, 1.807) is 0 Å². The molecule has 1 N–H and O–H groups in total. The first kappa shape index (κ1) is 15.0. The zero-order valence-corrected chi connectivity index (χ0v) is 13.5. The van der Waals surface area contributed by atoms with Gasteiger partial charge in [0.25, 0.3) is 0 Å². The van der Waals surface area contributed by atoms with Crippen molar-refractivity contribution < 1.29 is 0 Å². The lowest BCUT2D eigenvalue weighted by Gasteiger charge is -2.23. The normalized spacial score (nSPS) is 20.4. The van der Waals surface area contributed by atoms with Crippen molar-refractivity contribution in [2.75, 3.05) is 26.2 Å². The summed E-state index contributed by atoms with van der Waals surface area (Å²) in [5.41, 5.74) is 0.552. The monoisotopic (exact) mass is 280 g/mol. The predicted octanol–water partition coefficient (Wildman–Crippen LogP) is 3.66. The second-order valence-electron chi connectivity index (χ2n) is 6.55. The summed E-state index contributed by atoms with van der Waals surface area (Å²) < 4.78 is 0. The molecule has 0 spiro atoms. The van der Waals surface area contributed by atoms with Gasteiger partial charge in [0.1, 0.15) is 0 Å². The van der Waals surface area contributed by atoms with Crippen LogP contribution in [-0.2, 0) is 6.54 Å². The van der Waals surface area contributed by atoms with E-state index < -0.39 is 0 Å². The minimum Gasteiger partial charge on any atom is -0.311 e. The molecule has 3 heteroatoms. The van der Waals surface area contributed by atoms with Gasteiger partial charge in [0.2, 0.25) is 0 Å². The molecule has 1 aromatic rings. The molecule has 1 aliphatic heterocycles. The Morgan fingerprint density at radius 1 is 1.26 bits per heavy atom. The Hall–Kier alpha value is -0.380. The lowest BCUT2D eigenvalue weighted by molar-refractivity contribution is 0.262. The highest BCUT2D eigenvalue weighted by Gasteiger charge is 2.22. The molecule has 108 valence electrons. The third-order valence-corrected chi connectivity index (χ3v) is 5.13. The first-order chi connectivity index (χ1) is 9.05. The number of nitrogens with zero attached hydrogens (tertiary/aromatic N) is 1. The molecule has 0 unspecified atom stereocenters. The molecule has 0 radical (unpaired) electrons. The van der Waals surface area contributed by atoms with Crippen LogP contribution >= 0.6 is 11.3 Å². The van der Waals surface area contributed by atoms with Crippen LogP contribution in [0.3, 0.4) is 0 Å². The van der Waals surface area contributed by atoms with Crippen molar-refractivity contribution in [3.8, 4) is 0 Å². The van der Waals surface area contributed by atoms with Gasteiger partial charge < -0.3 is 10.2 Å². The van der Waals surface area contributed by atoms with Crippen LogP contribution in [0.5, 0.6) is 0 Å². The lowest BCUT2D eigenvalue weighted by Crippen LogP contribution is -2.33. The number of thiophene rings is 1. The van der Waals surface area contributed by atoms with Crippen molar-refractivity contribution in [2.45, 2.75) is 46.6 Å². The fourth-order valence-electron chi connectivity index (χ4n) is 2.73. The summed E-state index contributed by atoms with van der Waals surface area (Å²) in [6.07, 6.45) is 4.08. The maximum atomic E-state index is 3.57. The van der Waals surface area contributed by atoms with Gasteiger partial charge in [-0.3, -0.25) is 0 Å². The molecule has 1 fully saturated rings. The van der Waals surface area contributed by atoms with E-state index in [0.29, 0.717) is 5.41 Å². The van der Waals surface area contributed by atoms with Gasteiger partial charge >= 0.3 is 0 Å². The highest BCUT2D eigenvalue weighted by Crippen LogP contribution is 2.29. The molecule has 0 aliphatic carbocycles. The minimum absolute atomic E-state index is 0.552. The van der Waals surface area contributed by atoms with Crippen molar-refractivity contribution in [1.82, 2.24) is 10.2 Å². The predicted molar refractivity (Wildman–Crippen MR) is 84.8 cm³/mol. The summed E-state index contributed by atoms with van der Waals surface area (Å²) in [4.78, 5) is 5.49. The smallest absolute Gasteiger partial charge is 0.0300 e. The minimum atomic E-state index is 0.552. The Kier molecular flexibility index (Phi) is 5.43. The van der Waals surface area contributed by atoms with Crippen LogP contribution in [0.4, 0.5) is 0 Å². The number of hydrogen-bond donors (Lipinski definition) is 1. The van der Waals surface area contributed by atoms with Crippen molar-refractivity contribution in [3.63, 3.8) is 0 Å². The molecular weight excluding hydrogens is 252 g/mol. The first-order valence-electron chi connectivity index (χ1n) is 7.54. The molecule has 1 saturated heterocycles. The van der Waals surface area contributed by atoms with Gasteiger partial charge in [-0.15, -0.1) is 11.3 Å². The summed E-state index contributed by atoms with van der Waals surface area (Å²) >= 11 is 1.90. The summed E-state index contributed by atoms with van der Waals surface area (Å²) in [6.45, 7) is 12.9. The number of rotatable bonds is 5. The van der Waals surface area contributed by atoms with Crippen molar-refractivity contribution >= 4 is 11.3 Å². The molecule has 2 rings (SSSR count). The summed E-state index contributed by atoms with van der Waals surface area (Å²) in [6, 6.07) is 4.44. The Balaban J connectivity index is 1.63. The Morgan fingerprint density at radius 3 is 2.84 bits per heavy atom. The Bertz CT molecular complexity index is 384. The molecule has 2 heterocycles. The second-order valence-corrected chi connectivity index (χ2v) is 7.92. The van der Waals surface area contributed by atoms with Gasteiger partial charge in [-0.05, 0) is 56.8 Å². The van der Waals surface area contributed by atoms with Crippen molar-refractivity contribution in [2.24, 2.45) is 5.41 Å². The van der Waals surface area contributed by atoms with Crippen LogP contribution in [0.2, 0.25) is 0 Å². The standard InChI is InChI=1S/C16H28N2S/c1-14-5-6-15(19-14)13-17-9-12-18-10-4-7-16(2,3)8-11-18/h5-6,17H,4,7-13H2,1-3H3. The van der Waals surface area contributed by atoms with E-state index in [-0.39, 0.29) is 0 Å². The van der Waals surface area contributed by atoms with Gasteiger partial charge in [-0.1, -0.05) is 13.8 Å². The van der Waals surface area contributed by atoms with Gasteiger partial charge in [0.15, 0.2) is 0 Å². The molecule has 1 aromatic heterocycles. The fourth-order valence-corrected chi connectivity index (χ4v) is 3.59. The number of aryl methyl sites for hydroxylation is 1. The third kappa shape index (κ3) is 5.25. The molecule has 0 saturated carbocycles. The summed E-state index contributed by atoms with van der Waals surface area (Å²) in [7, 11) is 0. The first-order valence-corrected chi connectivity index (χ1v) is 8.35. The van der Waals surface area contributed by atoms with Crippen LogP contribution in [0.25, 0.3) is 0 Å². The molecule has 0 atom stereocenters. The van der Waals surface area contributed by atoms with E-state index in [0.717, 1.165) is 13.1 Å². The van der Waals surface area contributed by atoms with Gasteiger partial charge in [-0.2, -0.15) is 0 Å². The molecule has 2 nitrogen and oxygen atoms in total. The topological polar surface area (TPSA) is 15.3 Å². The maximum Gasteiger partial charge on any atom is 0.0300 e. The van der Waals surface area contributed by atoms with Crippen LogP contribution in [-0.4, -0.2) is 31.1 Å². The molecule has 1 aliphatic rings. The van der Waals surface area contributed by atoms with Crippen LogP contribution in [0, 0.1) is 12.3 Å². The average molecular weight is 280 g/mol. The Labute approximate surface area is 122 Å². The summed E-state index contributed by atoms with van der Waals surface area (Å²) in [5, 5.41) is 3.57. The van der Waals surface area contributed by atoms with E-state index in [4.69, 9.17) is 0 Å². The number of likely N-dealkylation sites (tertiary alicyclic amines) is 1. The zero-order chi connectivity index (χ0) is 13.7. The number of nitrogens with one attached hydrogen (secondary N) is 1. The number of hydrogen-bond acceptors (Lipinski definition) is 3. The van der Waals surface area contributed by atoms with E-state index >= 15 is 0 Å². The second kappa shape index (κ2) is 6.87. The van der Waals surface area contributed by atoms with Gasteiger partial charge in [0, 0.05) is 29.4 Å². The van der Waals surface area contributed by atoms with Crippen LogP contribution in [0.1, 0.15) is 42.9 Å². The van der Waals surface area contributed by atoms with E-state index in [2.05, 4.69) is 43.1 Å². The Morgan fingerprint density at radius 2 is 2.11 bits per heavy atom. The lowest BCUT2D eigenvalue weighted by atomic mass is 9.85. The van der Waals surface area contributed by atoms with E-state index in [1.807, 2.05) is 11.3 Å². The van der Waals surface area contributed by atoms with E-state index in [1.165, 1.54) is 48.7 Å². The molecule has 0 amide bonds. The highest BCUT2D eigenvalue weighted by atomic mass is 32.1. The van der Waals surface area contributed by atoms with Crippen LogP contribution < -0.4 is 5.32 Å². The average Bonchev–Trinajstić information content (AvgIpc) is 2.68. The molecule has 0 aromatic carbocycles. The third-order valence-electron chi connectivity index (χ3n) is 4.13. The highest BCUT2D eigenvalue weighted by molar-refractivity contribution is 7.11.